The predicted octanol–water partition coefficient (Wildman–Crippen LogP) is -0.551. The lowest BCUT2D eigenvalue weighted by molar-refractivity contribution is -0.148. The van der Waals surface area contributed by atoms with Crippen LogP contribution < -0.4 is 0 Å². The van der Waals surface area contributed by atoms with Gasteiger partial charge in [-0.2, -0.15) is 0 Å². The maximum atomic E-state index is 10.1. The minimum atomic E-state index is -0.986. The molecule has 0 saturated carbocycles. The molecule has 0 fully saturated rings. The van der Waals surface area contributed by atoms with Crippen LogP contribution in [0.5, 0.6) is 0 Å². The zero-order valence-corrected chi connectivity index (χ0v) is 10.5. The van der Waals surface area contributed by atoms with Gasteiger partial charge in [0, 0.05) is 25.7 Å². The number of hydrogen-bond donors (Lipinski definition) is 5. The van der Waals surface area contributed by atoms with Gasteiger partial charge in [0.05, 0.1) is 12.0 Å². The zero-order valence-electron chi connectivity index (χ0n) is 10.5. The van der Waals surface area contributed by atoms with Crippen molar-refractivity contribution in [3.8, 4) is 0 Å². The molecule has 0 unspecified atom stereocenters. The van der Waals surface area contributed by atoms with Crippen molar-refractivity contribution < 1.29 is 30.3 Å². The molecule has 0 heterocycles. The van der Waals surface area contributed by atoms with E-state index in [0.717, 1.165) is 0 Å². The summed E-state index contributed by atoms with van der Waals surface area (Å²) in [5.41, 5.74) is -0.986. The molecule has 17 heavy (non-hydrogen) atoms. The number of aliphatic carboxylic acids is 1. The molecule has 0 atom stereocenters. The predicted molar refractivity (Wildman–Crippen MR) is 62.5 cm³/mol. The quantitative estimate of drug-likeness (QED) is 0.415. The summed E-state index contributed by atoms with van der Waals surface area (Å²) in [6, 6.07) is 0. The van der Waals surface area contributed by atoms with Gasteiger partial charge in [0.1, 0.15) is 0 Å². The first-order chi connectivity index (χ1) is 7.85. The molecule has 0 bridgehead atoms. The highest BCUT2D eigenvalue weighted by Gasteiger charge is 2.25. The second-order valence-corrected chi connectivity index (χ2v) is 4.44. The molecule has 0 aromatic carbocycles. The molecule has 0 radical (unpaired) electrons. The van der Waals surface area contributed by atoms with E-state index >= 15 is 0 Å². The number of carboxylic acid groups (broad SMARTS) is 1. The molecule has 0 aliphatic rings. The lowest BCUT2D eigenvalue weighted by atomic mass is 9.96. The molecular formula is C11H24O6. The van der Waals surface area contributed by atoms with E-state index in [0.29, 0.717) is 12.8 Å². The Hall–Kier alpha value is -0.690. The fraction of sp³-hybridized carbons (Fsp3) is 0.909. The summed E-state index contributed by atoms with van der Waals surface area (Å²) < 4.78 is 0. The van der Waals surface area contributed by atoms with E-state index in [1.165, 1.54) is 13.8 Å². The summed E-state index contributed by atoms with van der Waals surface area (Å²) in [6.45, 7) is 2.77. The number of aliphatic hydroxyl groups excluding tert-OH is 4. The fourth-order valence-electron chi connectivity index (χ4n) is 0.688. The molecule has 6 nitrogen and oxygen atoms in total. The van der Waals surface area contributed by atoms with Crippen LogP contribution in [0.2, 0.25) is 0 Å². The van der Waals surface area contributed by atoms with E-state index < -0.39 is 11.4 Å². The Balaban J connectivity index is 0. The van der Waals surface area contributed by atoms with Gasteiger partial charge in [-0.25, -0.2) is 0 Å². The highest BCUT2D eigenvalue weighted by molar-refractivity contribution is 5.73. The number of rotatable bonds is 7. The van der Waals surface area contributed by atoms with E-state index in [-0.39, 0.29) is 32.3 Å². The van der Waals surface area contributed by atoms with Crippen LogP contribution in [0, 0.1) is 11.3 Å². The molecule has 0 spiro atoms. The molecule has 0 aromatic rings. The van der Waals surface area contributed by atoms with Crippen LogP contribution in [0.4, 0.5) is 0 Å². The van der Waals surface area contributed by atoms with Crippen molar-refractivity contribution in [3.63, 3.8) is 0 Å². The number of carboxylic acids is 1. The van der Waals surface area contributed by atoms with E-state index in [1.807, 2.05) is 0 Å². The van der Waals surface area contributed by atoms with E-state index in [2.05, 4.69) is 0 Å². The smallest absolute Gasteiger partial charge is 0.311 e. The highest BCUT2D eigenvalue weighted by Crippen LogP contribution is 2.12. The molecular weight excluding hydrogens is 228 g/mol. The van der Waals surface area contributed by atoms with Crippen molar-refractivity contribution in [2.45, 2.75) is 26.7 Å². The summed E-state index contributed by atoms with van der Waals surface area (Å²) in [5, 5.41) is 42.0. The summed E-state index contributed by atoms with van der Waals surface area (Å²) in [5.74, 6) is -1.02. The minimum absolute atomic E-state index is 0.0104. The highest BCUT2D eigenvalue weighted by atomic mass is 16.4. The van der Waals surface area contributed by atoms with E-state index in [4.69, 9.17) is 25.5 Å². The Morgan fingerprint density at radius 1 is 1.12 bits per heavy atom. The van der Waals surface area contributed by atoms with Gasteiger partial charge < -0.3 is 25.5 Å². The van der Waals surface area contributed by atoms with Crippen LogP contribution in [0.25, 0.3) is 0 Å². The molecule has 5 N–H and O–H groups in total. The second kappa shape index (κ2) is 10.5. The third-order valence-corrected chi connectivity index (χ3v) is 2.26. The standard InChI is InChI=1S/C6H14O3.C5H10O3/c7-3-1-2-6(4-8)5-9;1-5(2,3-6)4(7)8/h6-9H,1-5H2;6H,3H2,1-2H3,(H,7,8). The maximum absolute atomic E-state index is 10.1. The third-order valence-electron chi connectivity index (χ3n) is 2.26. The molecule has 0 aliphatic carbocycles. The summed E-state index contributed by atoms with van der Waals surface area (Å²) in [7, 11) is 0. The minimum Gasteiger partial charge on any atom is -0.481 e. The zero-order chi connectivity index (χ0) is 13.9. The monoisotopic (exact) mass is 252 g/mol. The van der Waals surface area contributed by atoms with Crippen molar-refractivity contribution in [3.05, 3.63) is 0 Å². The van der Waals surface area contributed by atoms with Crippen LogP contribution in [-0.4, -0.2) is 57.9 Å². The van der Waals surface area contributed by atoms with Gasteiger partial charge in [-0.05, 0) is 26.7 Å². The number of hydrogen-bond acceptors (Lipinski definition) is 5. The van der Waals surface area contributed by atoms with Crippen molar-refractivity contribution in [1.82, 2.24) is 0 Å². The number of aliphatic hydroxyl groups is 4. The Bertz CT molecular complexity index is 188. The molecule has 0 amide bonds. The number of carbonyl (C=O) groups is 1. The molecule has 6 heteroatoms. The van der Waals surface area contributed by atoms with E-state index in [1.54, 1.807) is 0 Å². The van der Waals surface area contributed by atoms with Gasteiger partial charge in [-0.15, -0.1) is 0 Å². The van der Waals surface area contributed by atoms with Crippen LogP contribution in [0.1, 0.15) is 26.7 Å². The van der Waals surface area contributed by atoms with Crippen molar-refractivity contribution >= 4 is 5.97 Å². The average Bonchev–Trinajstić information content (AvgIpc) is 2.31. The van der Waals surface area contributed by atoms with Crippen LogP contribution in [0.15, 0.2) is 0 Å². The normalized spacial score (nSPS) is 11.0. The lowest BCUT2D eigenvalue weighted by Gasteiger charge is -2.13. The first-order valence-electron chi connectivity index (χ1n) is 5.52. The second-order valence-electron chi connectivity index (χ2n) is 4.44. The van der Waals surface area contributed by atoms with Crippen LogP contribution in [0.3, 0.4) is 0 Å². The van der Waals surface area contributed by atoms with Crippen LogP contribution in [-0.2, 0) is 4.79 Å². The average molecular weight is 252 g/mol. The van der Waals surface area contributed by atoms with Crippen molar-refractivity contribution in [2.24, 2.45) is 11.3 Å². The summed E-state index contributed by atoms with van der Waals surface area (Å²) in [4.78, 5) is 10.1. The van der Waals surface area contributed by atoms with E-state index in [9.17, 15) is 4.79 Å². The van der Waals surface area contributed by atoms with Gasteiger partial charge in [0.2, 0.25) is 0 Å². The maximum Gasteiger partial charge on any atom is 0.311 e. The first kappa shape index (κ1) is 18.7. The Morgan fingerprint density at radius 3 is 1.76 bits per heavy atom. The summed E-state index contributed by atoms with van der Waals surface area (Å²) in [6.07, 6.45) is 1.36. The largest absolute Gasteiger partial charge is 0.481 e. The Labute approximate surface area is 102 Å². The van der Waals surface area contributed by atoms with Gasteiger partial charge >= 0.3 is 5.97 Å². The van der Waals surface area contributed by atoms with Crippen molar-refractivity contribution in [2.75, 3.05) is 26.4 Å². The molecule has 0 saturated heterocycles. The van der Waals surface area contributed by atoms with Crippen LogP contribution >= 0.6 is 0 Å². The third kappa shape index (κ3) is 10.2. The van der Waals surface area contributed by atoms with Gasteiger partial charge in [-0.1, -0.05) is 0 Å². The molecule has 0 rings (SSSR count). The molecule has 104 valence electrons. The summed E-state index contributed by atoms with van der Waals surface area (Å²) >= 11 is 0. The Morgan fingerprint density at radius 2 is 1.59 bits per heavy atom. The van der Waals surface area contributed by atoms with Gasteiger partial charge in [0.15, 0.2) is 0 Å². The first-order valence-corrected chi connectivity index (χ1v) is 5.52. The molecule has 0 aromatic heterocycles. The van der Waals surface area contributed by atoms with Crippen molar-refractivity contribution in [1.29, 1.82) is 0 Å². The molecule has 0 aliphatic heterocycles. The van der Waals surface area contributed by atoms with Gasteiger partial charge in [0.25, 0.3) is 0 Å². The lowest BCUT2D eigenvalue weighted by Crippen LogP contribution is -2.27. The SMILES string of the molecule is CC(C)(CO)C(=O)O.OCCCC(CO)CO. The Kier molecular flexibility index (Phi) is 11.5. The fourth-order valence-corrected chi connectivity index (χ4v) is 0.688. The van der Waals surface area contributed by atoms with Gasteiger partial charge in [-0.3, -0.25) is 4.79 Å². The topological polar surface area (TPSA) is 118 Å².